The molecule has 2 aromatic carbocycles. The van der Waals surface area contributed by atoms with Crippen molar-refractivity contribution in [2.45, 2.75) is 19.8 Å². The number of aromatic nitrogens is 2. The Morgan fingerprint density at radius 1 is 1.22 bits per heavy atom. The van der Waals surface area contributed by atoms with Crippen molar-refractivity contribution in [3.63, 3.8) is 0 Å². The van der Waals surface area contributed by atoms with Gasteiger partial charge in [0, 0.05) is 19.1 Å². The number of fused-ring (bicyclic) bond motifs is 1. The first kappa shape index (κ1) is 15.6. The number of carbonyl (C=O) groups is 1. The summed E-state index contributed by atoms with van der Waals surface area (Å²) in [6, 6.07) is 14.6. The van der Waals surface area contributed by atoms with Crippen LogP contribution in [-0.4, -0.2) is 22.1 Å². The Hall–Kier alpha value is -2.27. The smallest absolute Gasteiger partial charge is 0.230 e. The number of amides is 1. The molecule has 0 radical (unpaired) electrons. The van der Waals surface area contributed by atoms with E-state index in [0.717, 1.165) is 22.4 Å². The molecule has 0 fully saturated rings. The normalized spacial score (nSPS) is 10.9. The van der Waals surface area contributed by atoms with Crippen LogP contribution in [-0.2, 0) is 11.2 Å². The molecule has 4 nitrogen and oxygen atoms in total. The average molecular weight is 325 g/mol. The lowest BCUT2D eigenvalue weighted by molar-refractivity contribution is -0.119. The zero-order valence-electron chi connectivity index (χ0n) is 13.2. The average Bonchev–Trinajstić information content (AvgIpc) is 2.98. The third-order valence-corrected chi connectivity index (χ3v) is 4.17. The SMILES string of the molecule is CSNC(=O)CCc1nc2c(C)cc(-c3ccccc3)cc2[nH]1. The molecule has 1 aromatic heterocycles. The van der Waals surface area contributed by atoms with E-state index in [-0.39, 0.29) is 5.91 Å². The molecule has 0 saturated heterocycles. The second-order valence-electron chi connectivity index (χ2n) is 5.47. The highest BCUT2D eigenvalue weighted by Crippen LogP contribution is 2.26. The van der Waals surface area contributed by atoms with Crippen molar-refractivity contribution in [1.82, 2.24) is 14.7 Å². The number of H-pyrrole nitrogens is 1. The molecule has 0 unspecified atom stereocenters. The molecule has 5 heteroatoms. The molecule has 0 spiro atoms. The summed E-state index contributed by atoms with van der Waals surface area (Å²) in [6.45, 7) is 2.07. The fourth-order valence-corrected chi connectivity index (χ4v) is 2.98. The Labute approximate surface area is 139 Å². The molecule has 0 bridgehead atoms. The zero-order valence-corrected chi connectivity index (χ0v) is 14.0. The molecule has 118 valence electrons. The van der Waals surface area contributed by atoms with Crippen LogP contribution in [0.5, 0.6) is 0 Å². The van der Waals surface area contributed by atoms with Gasteiger partial charge in [0.25, 0.3) is 0 Å². The minimum atomic E-state index is 0.0275. The summed E-state index contributed by atoms with van der Waals surface area (Å²) >= 11 is 1.32. The zero-order chi connectivity index (χ0) is 16.2. The number of benzene rings is 2. The van der Waals surface area contributed by atoms with Crippen molar-refractivity contribution in [1.29, 1.82) is 0 Å². The molecule has 3 aromatic rings. The van der Waals surface area contributed by atoms with Crippen molar-refractivity contribution in [2.75, 3.05) is 6.26 Å². The molecular formula is C18H19N3OS. The summed E-state index contributed by atoms with van der Waals surface area (Å²) in [5, 5.41) is 0. The first-order chi connectivity index (χ1) is 11.2. The van der Waals surface area contributed by atoms with Crippen LogP contribution in [0.15, 0.2) is 42.5 Å². The number of hydrogen-bond acceptors (Lipinski definition) is 3. The summed E-state index contributed by atoms with van der Waals surface area (Å²) in [4.78, 5) is 19.5. The lowest BCUT2D eigenvalue weighted by Crippen LogP contribution is -2.15. The third kappa shape index (κ3) is 3.56. The van der Waals surface area contributed by atoms with Gasteiger partial charge in [0.1, 0.15) is 5.82 Å². The van der Waals surface area contributed by atoms with Gasteiger partial charge in [-0.25, -0.2) is 4.98 Å². The molecule has 2 N–H and O–H groups in total. The van der Waals surface area contributed by atoms with E-state index in [0.29, 0.717) is 12.8 Å². The molecule has 0 aliphatic heterocycles. The number of rotatable bonds is 5. The highest BCUT2D eigenvalue weighted by molar-refractivity contribution is 7.97. The lowest BCUT2D eigenvalue weighted by atomic mass is 10.0. The topological polar surface area (TPSA) is 57.8 Å². The van der Waals surface area contributed by atoms with Crippen molar-refractivity contribution in [3.8, 4) is 11.1 Å². The van der Waals surface area contributed by atoms with E-state index in [4.69, 9.17) is 0 Å². The predicted molar refractivity (Wildman–Crippen MR) is 96.2 cm³/mol. The second kappa shape index (κ2) is 6.87. The standard InChI is InChI=1S/C18H19N3OS/c1-12-10-14(13-6-4-3-5-7-13)11-15-18(12)20-16(19-15)8-9-17(22)21-23-2/h3-7,10-11H,8-9H2,1-2H3,(H,19,20)(H,21,22). The van der Waals surface area contributed by atoms with Crippen LogP contribution in [0.2, 0.25) is 0 Å². The monoisotopic (exact) mass is 325 g/mol. The van der Waals surface area contributed by atoms with Crippen molar-refractivity contribution in [3.05, 3.63) is 53.9 Å². The van der Waals surface area contributed by atoms with Gasteiger partial charge in [-0.2, -0.15) is 0 Å². The van der Waals surface area contributed by atoms with E-state index in [1.807, 2.05) is 24.5 Å². The number of aromatic amines is 1. The van der Waals surface area contributed by atoms with E-state index in [9.17, 15) is 4.79 Å². The van der Waals surface area contributed by atoms with E-state index >= 15 is 0 Å². The highest BCUT2D eigenvalue weighted by atomic mass is 32.2. The Morgan fingerprint density at radius 2 is 2.00 bits per heavy atom. The highest BCUT2D eigenvalue weighted by Gasteiger charge is 2.10. The first-order valence-electron chi connectivity index (χ1n) is 7.54. The van der Waals surface area contributed by atoms with Crippen molar-refractivity contribution in [2.24, 2.45) is 0 Å². The van der Waals surface area contributed by atoms with Gasteiger partial charge in [-0.1, -0.05) is 42.3 Å². The van der Waals surface area contributed by atoms with Crippen LogP contribution in [0.3, 0.4) is 0 Å². The van der Waals surface area contributed by atoms with Crippen LogP contribution in [0.1, 0.15) is 17.8 Å². The number of hydrogen-bond donors (Lipinski definition) is 2. The van der Waals surface area contributed by atoms with Gasteiger partial charge in [0.05, 0.1) is 11.0 Å². The maximum absolute atomic E-state index is 11.6. The summed E-state index contributed by atoms with van der Waals surface area (Å²) in [7, 11) is 0. The molecule has 23 heavy (non-hydrogen) atoms. The molecule has 1 amide bonds. The van der Waals surface area contributed by atoms with Gasteiger partial charge < -0.3 is 9.71 Å². The summed E-state index contributed by atoms with van der Waals surface area (Å²) in [6.07, 6.45) is 2.89. The summed E-state index contributed by atoms with van der Waals surface area (Å²) in [5.41, 5.74) is 5.49. The van der Waals surface area contributed by atoms with Gasteiger partial charge >= 0.3 is 0 Å². The third-order valence-electron chi connectivity index (χ3n) is 3.74. The number of nitrogens with zero attached hydrogens (tertiary/aromatic N) is 1. The molecular weight excluding hydrogens is 306 g/mol. The Morgan fingerprint density at radius 3 is 2.74 bits per heavy atom. The van der Waals surface area contributed by atoms with Gasteiger partial charge in [-0.15, -0.1) is 0 Å². The molecule has 1 heterocycles. The first-order valence-corrected chi connectivity index (χ1v) is 8.76. The van der Waals surface area contributed by atoms with Gasteiger partial charge in [-0.05, 0) is 35.7 Å². The maximum Gasteiger partial charge on any atom is 0.230 e. The summed E-state index contributed by atoms with van der Waals surface area (Å²) < 4.78 is 2.73. The fraction of sp³-hybridized carbons (Fsp3) is 0.222. The number of imidazole rings is 1. The fourth-order valence-electron chi connectivity index (χ4n) is 2.65. The van der Waals surface area contributed by atoms with Crippen molar-refractivity contribution < 1.29 is 4.79 Å². The van der Waals surface area contributed by atoms with E-state index in [1.165, 1.54) is 23.1 Å². The van der Waals surface area contributed by atoms with Crippen LogP contribution >= 0.6 is 11.9 Å². The minimum Gasteiger partial charge on any atom is -0.342 e. The predicted octanol–water partition coefficient (Wildman–Crippen LogP) is 3.87. The maximum atomic E-state index is 11.6. The minimum absolute atomic E-state index is 0.0275. The Bertz CT molecular complexity index is 827. The van der Waals surface area contributed by atoms with Crippen LogP contribution in [0, 0.1) is 6.92 Å². The Kier molecular flexibility index (Phi) is 4.67. The van der Waals surface area contributed by atoms with Gasteiger partial charge in [0.15, 0.2) is 0 Å². The number of nitrogens with one attached hydrogen (secondary N) is 2. The van der Waals surface area contributed by atoms with Crippen molar-refractivity contribution >= 4 is 28.9 Å². The van der Waals surface area contributed by atoms with Gasteiger partial charge in [-0.3, -0.25) is 4.79 Å². The largest absolute Gasteiger partial charge is 0.342 e. The van der Waals surface area contributed by atoms with E-state index in [1.54, 1.807) is 0 Å². The van der Waals surface area contributed by atoms with Crippen LogP contribution in [0.4, 0.5) is 0 Å². The molecule has 3 rings (SSSR count). The molecule has 0 aliphatic carbocycles. The lowest BCUT2D eigenvalue weighted by Gasteiger charge is -2.03. The number of carbonyl (C=O) groups excluding carboxylic acids is 1. The Balaban J connectivity index is 1.88. The van der Waals surface area contributed by atoms with Crippen LogP contribution < -0.4 is 4.72 Å². The quantitative estimate of drug-likeness (QED) is 0.700. The summed E-state index contributed by atoms with van der Waals surface area (Å²) in [5.74, 6) is 0.879. The second-order valence-corrected chi connectivity index (χ2v) is 6.08. The molecule has 0 atom stereocenters. The van der Waals surface area contributed by atoms with E-state index < -0.39 is 0 Å². The molecule has 0 aliphatic rings. The van der Waals surface area contributed by atoms with E-state index in [2.05, 4.69) is 45.9 Å². The molecule has 0 saturated carbocycles. The number of aryl methyl sites for hydroxylation is 2. The van der Waals surface area contributed by atoms with Crippen LogP contribution in [0.25, 0.3) is 22.2 Å². The van der Waals surface area contributed by atoms with Gasteiger partial charge in [0.2, 0.25) is 5.91 Å².